The monoisotopic (exact) mass is 304 g/mol. The van der Waals surface area contributed by atoms with Gasteiger partial charge in [0, 0.05) is 18.5 Å². The third kappa shape index (κ3) is 4.73. The molecule has 1 amide bonds. The van der Waals surface area contributed by atoms with E-state index in [1.807, 2.05) is 25.1 Å². The lowest BCUT2D eigenvalue weighted by Gasteiger charge is -2.27. The van der Waals surface area contributed by atoms with E-state index in [-0.39, 0.29) is 5.91 Å². The first kappa shape index (κ1) is 16.8. The van der Waals surface area contributed by atoms with Crippen molar-refractivity contribution < 1.29 is 9.53 Å². The van der Waals surface area contributed by atoms with Crippen LogP contribution in [-0.2, 0) is 11.3 Å². The third-order valence-corrected chi connectivity index (χ3v) is 4.61. The maximum atomic E-state index is 12.2. The Balaban J connectivity index is 1.82. The van der Waals surface area contributed by atoms with Crippen LogP contribution in [0, 0.1) is 18.8 Å². The third-order valence-electron chi connectivity index (χ3n) is 4.61. The topological polar surface area (TPSA) is 50.4 Å². The maximum absolute atomic E-state index is 12.2. The fourth-order valence-electron chi connectivity index (χ4n) is 3.14. The van der Waals surface area contributed by atoms with Gasteiger partial charge in [-0.05, 0) is 56.3 Å². The van der Waals surface area contributed by atoms with Crippen molar-refractivity contribution in [2.45, 2.75) is 39.7 Å². The Labute approximate surface area is 133 Å². The molecule has 1 unspecified atom stereocenters. The molecule has 0 saturated carbocycles. The SMILES string of the molecule is COc1cc(C)ccc1CNC(=O)CC(C)C1CCNCC1. The number of hydrogen-bond acceptors (Lipinski definition) is 3. The van der Waals surface area contributed by atoms with E-state index >= 15 is 0 Å². The first-order valence-electron chi connectivity index (χ1n) is 8.21. The normalized spacial score (nSPS) is 17.0. The Bertz CT molecular complexity index is 496. The molecular weight excluding hydrogens is 276 g/mol. The summed E-state index contributed by atoms with van der Waals surface area (Å²) in [6, 6.07) is 6.06. The Hall–Kier alpha value is -1.55. The van der Waals surface area contributed by atoms with Crippen molar-refractivity contribution >= 4 is 5.91 Å². The molecule has 1 aromatic rings. The molecule has 0 aliphatic carbocycles. The summed E-state index contributed by atoms with van der Waals surface area (Å²) in [5.74, 6) is 2.09. The summed E-state index contributed by atoms with van der Waals surface area (Å²) in [5.41, 5.74) is 2.18. The number of hydrogen-bond donors (Lipinski definition) is 2. The van der Waals surface area contributed by atoms with Crippen LogP contribution in [0.1, 0.15) is 37.3 Å². The van der Waals surface area contributed by atoms with E-state index in [4.69, 9.17) is 4.74 Å². The van der Waals surface area contributed by atoms with E-state index in [9.17, 15) is 4.79 Å². The molecule has 2 N–H and O–H groups in total. The summed E-state index contributed by atoms with van der Waals surface area (Å²) >= 11 is 0. The fourth-order valence-corrected chi connectivity index (χ4v) is 3.14. The smallest absolute Gasteiger partial charge is 0.220 e. The number of methoxy groups -OCH3 is 1. The molecule has 4 heteroatoms. The molecule has 0 spiro atoms. The van der Waals surface area contributed by atoms with E-state index in [1.165, 1.54) is 12.8 Å². The van der Waals surface area contributed by atoms with Crippen LogP contribution in [-0.4, -0.2) is 26.1 Å². The van der Waals surface area contributed by atoms with Gasteiger partial charge in [0.25, 0.3) is 0 Å². The number of piperidine rings is 1. The number of aryl methyl sites for hydroxylation is 1. The number of carbonyl (C=O) groups is 1. The number of carbonyl (C=O) groups excluding carboxylic acids is 1. The molecule has 1 aliphatic heterocycles. The zero-order valence-corrected chi connectivity index (χ0v) is 13.9. The van der Waals surface area contributed by atoms with Gasteiger partial charge in [-0.2, -0.15) is 0 Å². The van der Waals surface area contributed by atoms with Gasteiger partial charge in [-0.15, -0.1) is 0 Å². The van der Waals surface area contributed by atoms with Gasteiger partial charge in [0.2, 0.25) is 5.91 Å². The molecule has 0 aromatic heterocycles. The van der Waals surface area contributed by atoms with E-state index < -0.39 is 0 Å². The number of benzene rings is 1. The molecule has 4 nitrogen and oxygen atoms in total. The summed E-state index contributed by atoms with van der Waals surface area (Å²) in [7, 11) is 1.67. The second kappa shape index (κ2) is 8.18. The lowest BCUT2D eigenvalue weighted by molar-refractivity contribution is -0.122. The van der Waals surface area contributed by atoms with Gasteiger partial charge in [-0.3, -0.25) is 4.79 Å². The number of ether oxygens (including phenoxy) is 1. The van der Waals surface area contributed by atoms with Gasteiger partial charge in [-0.25, -0.2) is 0 Å². The average molecular weight is 304 g/mol. The molecule has 2 rings (SSSR count). The van der Waals surface area contributed by atoms with Gasteiger partial charge in [0.1, 0.15) is 5.75 Å². The Morgan fingerprint density at radius 3 is 2.82 bits per heavy atom. The van der Waals surface area contributed by atoms with E-state index in [0.29, 0.717) is 24.8 Å². The Morgan fingerprint density at radius 1 is 1.41 bits per heavy atom. The van der Waals surface area contributed by atoms with Crippen LogP contribution >= 0.6 is 0 Å². The largest absolute Gasteiger partial charge is 0.496 e. The van der Waals surface area contributed by atoms with Crippen LogP contribution in [0.4, 0.5) is 0 Å². The van der Waals surface area contributed by atoms with Crippen LogP contribution < -0.4 is 15.4 Å². The lowest BCUT2D eigenvalue weighted by atomic mass is 9.84. The van der Waals surface area contributed by atoms with Gasteiger partial charge in [-0.1, -0.05) is 19.1 Å². The maximum Gasteiger partial charge on any atom is 0.220 e. The van der Waals surface area contributed by atoms with Gasteiger partial charge in [0.15, 0.2) is 0 Å². The minimum Gasteiger partial charge on any atom is -0.496 e. The molecule has 1 saturated heterocycles. The number of amides is 1. The quantitative estimate of drug-likeness (QED) is 0.849. The molecule has 122 valence electrons. The van der Waals surface area contributed by atoms with Crippen molar-refractivity contribution in [3.05, 3.63) is 29.3 Å². The number of nitrogens with one attached hydrogen (secondary N) is 2. The highest BCUT2D eigenvalue weighted by Crippen LogP contribution is 2.24. The molecule has 1 fully saturated rings. The molecule has 1 atom stereocenters. The summed E-state index contributed by atoms with van der Waals surface area (Å²) in [4.78, 5) is 12.2. The molecule has 0 radical (unpaired) electrons. The van der Waals surface area contributed by atoms with Crippen molar-refractivity contribution in [2.75, 3.05) is 20.2 Å². The number of rotatable bonds is 6. The fraction of sp³-hybridized carbons (Fsp3) is 0.611. The highest BCUT2D eigenvalue weighted by molar-refractivity contribution is 5.76. The zero-order chi connectivity index (χ0) is 15.9. The predicted octanol–water partition coefficient (Wildman–Crippen LogP) is 2.65. The second-order valence-electron chi connectivity index (χ2n) is 6.36. The minimum absolute atomic E-state index is 0.133. The van der Waals surface area contributed by atoms with Crippen molar-refractivity contribution in [1.29, 1.82) is 0 Å². The van der Waals surface area contributed by atoms with Crippen molar-refractivity contribution in [3.63, 3.8) is 0 Å². The van der Waals surface area contributed by atoms with Crippen LogP contribution in [0.3, 0.4) is 0 Å². The molecule has 0 bridgehead atoms. The van der Waals surface area contributed by atoms with Crippen molar-refractivity contribution in [2.24, 2.45) is 11.8 Å². The summed E-state index contributed by atoms with van der Waals surface area (Å²) in [5, 5.41) is 6.40. The lowest BCUT2D eigenvalue weighted by Crippen LogP contribution is -2.33. The van der Waals surface area contributed by atoms with Crippen molar-refractivity contribution in [1.82, 2.24) is 10.6 Å². The minimum atomic E-state index is 0.133. The average Bonchev–Trinajstić information content (AvgIpc) is 2.54. The molecular formula is C18H28N2O2. The second-order valence-corrected chi connectivity index (χ2v) is 6.36. The van der Waals surface area contributed by atoms with E-state index in [2.05, 4.69) is 17.6 Å². The van der Waals surface area contributed by atoms with Crippen molar-refractivity contribution in [3.8, 4) is 5.75 Å². The first-order valence-corrected chi connectivity index (χ1v) is 8.21. The Kier molecular flexibility index (Phi) is 6.25. The van der Waals surface area contributed by atoms with Gasteiger partial charge < -0.3 is 15.4 Å². The van der Waals surface area contributed by atoms with Gasteiger partial charge >= 0.3 is 0 Å². The van der Waals surface area contributed by atoms with Crippen LogP contribution in [0.5, 0.6) is 5.75 Å². The highest BCUT2D eigenvalue weighted by Gasteiger charge is 2.21. The summed E-state index contributed by atoms with van der Waals surface area (Å²) in [6.07, 6.45) is 2.97. The van der Waals surface area contributed by atoms with Crippen LogP contribution in [0.2, 0.25) is 0 Å². The zero-order valence-electron chi connectivity index (χ0n) is 13.9. The van der Waals surface area contributed by atoms with Gasteiger partial charge in [0.05, 0.1) is 7.11 Å². The van der Waals surface area contributed by atoms with Crippen LogP contribution in [0.25, 0.3) is 0 Å². The van der Waals surface area contributed by atoms with Crippen LogP contribution in [0.15, 0.2) is 18.2 Å². The predicted molar refractivity (Wildman–Crippen MR) is 89.0 cm³/mol. The molecule has 1 aliphatic rings. The highest BCUT2D eigenvalue weighted by atomic mass is 16.5. The van der Waals surface area contributed by atoms with E-state index in [1.54, 1.807) is 7.11 Å². The first-order chi connectivity index (χ1) is 10.6. The molecule has 22 heavy (non-hydrogen) atoms. The summed E-state index contributed by atoms with van der Waals surface area (Å²) in [6.45, 7) is 6.92. The standard InChI is InChI=1S/C18H28N2O2/c1-13-4-5-16(17(10-13)22-3)12-20-18(21)11-14(2)15-6-8-19-9-7-15/h4-5,10,14-15,19H,6-9,11-12H2,1-3H3,(H,20,21). The Morgan fingerprint density at radius 2 is 2.14 bits per heavy atom. The molecule has 1 aromatic carbocycles. The summed E-state index contributed by atoms with van der Waals surface area (Å²) < 4.78 is 5.38. The van der Waals surface area contributed by atoms with E-state index in [0.717, 1.165) is 30.0 Å². The molecule has 1 heterocycles.